The Morgan fingerprint density at radius 2 is 1.59 bits per heavy atom. The molecule has 176 valence electrons. The van der Waals surface area contributed by atoms with Crippen LogP contribution in [0.5, 0.6) is 11.5 Å². The molecule has 0 radical (unpaired) electrons. The normalized spacial score (nSPS) is 17.2. The van der Waals surface area contributed by atoms with E-state index in [0.29, 0.717) is 29.9 Å². The molecule has 1 fully saturated rings. The van der Waals surface area contributed by atoms with Crippen molar-refractivity contribution in [2.24, 2.45) is 0 Å². The van der Waals surface area contributed by atoms with Gasteiger partial charge in [-0.05, 0) is 69.6 Å². The summed E-state index contributed by atoms with van der Waals surface area (Å²) in [5, 5.41) is 24.6. The van der Waals surface area contributed by atoms with Crippen molar-refractivity contribution in [3.05, 3.63) is 58.6 Å². The van der Waals surface area contributed by atoms with Crippen LogP contribution in [-0.2, 0) is 0 Å². The van der Waals surface area contributed by atoms with Crippen LogP contribution in [0.15, 0.2) is 42.5 Å². The molecular formula is C25H35ClN2O4. The van der Waals surface area contributed by atoms with E-state index in [-0.39, 0.29) is 13.2 Å². The molecule has 1 heterocycles. The van der Waals surface area contributed by atoms with Crippen molar-refractivity contribution in [2.75, 3.05) is 39.4 Å². The number of ether oxygens (including phenoxy) is 2. The molecule has 2 atom stereocenters. The third kappa shape index (κ3) is 8.26. The van der Waals surface area contributed by atoms with Crippen molar-refractivity contribution in [2.45, 2.75) is 44.9 Å². The van der Waals surface area contributed by atoms with Crippen LogP contribution >= 0.6 is 11.6 Å². The predicted octanol–water partition coefficient (Wildman–Crippen LogP) is 3.19. The molecular weight excluding hydrogens is 428 g/mol. The minimum atomic E-state index is -0.555. The van der Waals surface area contributed by atoms with Crippen LogP contribution in [0.25, 0.3) is 0 Å². The lowest BCUT2D eigenvalue weighted by molar-refractivity contribution is 0.0556. The Balaban J connectivity index is 1.28. The average Bonchev–Trinajstić information content (AvgIpc) is 2.79. The van der Waals surface area contributed by atoms with E-state index >= 15 is 0 Å². The molecule has 1 saturated heterocycles. The van der Waals surface area contributed by atoms with Crippen LogP contribution in [0, 0.1) is 13.8 Å². The molecule has 2 aromatic carbocycles. The molecule has 6 nitrogen and oxygen atoms in total. The summed E-state index contributed by atoms with van der Waals surface area (Å²) in [5.74, 6) is 1.45. The number of nitrogens with one attached hydrogen (secondary N) is 1. The zero-order chi connectivity index (χ0) is 22.9. The number of aliphatic hydroxyl groups is 2. The second kappa shape index (κ2) is 12.4. The SMILES string of the molecule is Cc1ccc(OC[C@@H](O)CNC2CCN(C[C@H](O)COc3ccc(C)c(Cl)c3)CC2)cc1. The number of likely N-dealkylation sites (tertiary alicyclic amines) is 1. The van der Waals surface area contributed by atoms with E-state index in [1.807, 2.05) is 50.2 Å². The fourth-order valence-corrected chi connectivity index (χ4v) is 3.89. The minimum Gasteiger partial charge on any atom is -0.491 e. The second-order valence-corrected chi connectivity index (χ2v) is 9.04. The van der Waals surface area contributed by atoms with Gasteiger partial charge in [-0.15, -0.1) is 0 Å². The number of aliphatic hydroxyl groups excluding tert-OH is 2. The largest absolute Gasteiger partial charge is 0.491 e. The van der Waals surface area contributed by atoms with Gasteiger partial charge >= 0.3 is 0 Å². The molecule has 0 aliphatic carbocycles. The first-order valence-electron chi connectivity index (χ1n) is 11.3. The maximum Gasteiger partial charge on any atom is 0.120 e. The number of nitrogens with zero attached hydrogens (tertiary/aromatic N) is 1. The lowest BCUT2D eigenvalue weighted by Gasteiger charge is -2.33. The molecule has 0 amide bonds. The van der Waals surface area contributed by atoms with E-state index in [2.05, 4.69) is 10.2 Å². The van der Waals surface area contributed by atoms with E-state index in [9.17, 15) is 10.2 Å². The summed E-state index contributed by atoms with van der Waals surface area (Å²) in [6.07, 6.45) is 0.850. The molecule has 7 heteroatoms. The van der Waals surface area contributed by atoms with Crippen molar-refractivity contribution in [1.82, 2.24) is 10.2 Å². The number of hydrogen-bond donors (Lipinski definition) is 3. The maximum absolute atomic E-state index is 10.3. The Bertz CT molecular complexity index is 825. The highest BCUT2D eigenvalue weighted by Crippen LogP contribution is 2.22. The van der Waals surface area contributed by atoms with Crippen LogP contribution in [0.3, 0.4) is 0 Å². The third-order valence-electron chi connectivity index (χ3n) is 5.75. The molecule has 2 aromatic rings. The fraction of sp³-hybridized carbons (Fsp3) is 0.520. The average molecular weight is 463 g/mol. The number of benzene rings is 2. The monoisotopic (exact) mass is 462 g/mol. The highest BCUT2D eigenvalue weighted by atomic mass is 35.5. The molecule has 0 spiro atoms. The molecule has 0 unspecified atom stereocenters. The molecule has 1 aliphatic heterocycles. The van der Waals surface area contributed by atoms with Gasteiger partial charge in [0.2, 0.25) is 0 Å². The molecule has 0 bridgehead atoms. The first-order chi connectivity index (χ1) is 15.4. The topological polar surface area (TPSA) is 74.2 Å². The van der Waals surface area contributed by atoms with Gasteiger partial charge in [-0.3, -0.25) is 0 Å². The summed E-state index contributed by atoms with van der Waals surface area (Å²) < 4.78 is 11.3. The first-order valence-corrected chi connectivity index (χ1v) is 11.7. The summed E-state index contributed by atoms with van der Waals surface area (Å²) in [6.45, 7) is 7.38. The second-order valence-electron chi connectivity index (χ2n) is 8.64. The van der Waals surface area contributed by atoms with Gasteiger partial charge in [-0.2, -0.15) is 0 Å². The Morgan fingerprint density at radius 1 is 0.969 bits per heavy atom. The minimum absolute atomic E-state index is 0.241. The predicted molar refractivity (Wildman–Crippen MR) is 128 cm³/mol. The van der Waals surface area contributed by atoms with Gasteiger partial charge in [0.25, 0.3) is 0 Å². The number of piperidine rings is 1. The Morgan fingerprint density at radius 3 is 2.28 bits per heavy atom. The van der Waals surface area contributed by atoms with Gasteiger partial charge in [-0.1, -0.05) is 35.4 Å². The number of hydrogen-bond acceptors (Lipinski definition) is 6. The molecule has 0 aromatic heterocycles. The summed E-state index contributed by atoms with van der Waals surface area (Å²) in [5.41, 5.74) is 2.18. The van der Waals surface area contributed by atoms with Crippen LogP contribution < -0.4 is 14.8 Å². The van der Waals surface area contributed by atoms with Gasteiger partial charge in [-0.25, -0.2) is 0 Å². The van der Waals surface area contributed by atoms with Crippen molar-refractivity contribution >= 4 is 11.6 Å². The highest BCUT2D eigenvalue weighted by Gasteiger charge is 2.21. The van der Waals surface area contributed by atoms with Crippen molar-refractivity contribution < 1.29 is 19.7 Å². The van der Waals surface area contributed by atoms with E-state index in [1.54, 1.807) is 6.07 Å². The van der Waals surface area contributed by atoms with Crippen molar-refractivity contribution in [3.8, 4) is 11.5 Å². The van der Waals surface area contributed by atoms with Gasteiger partial charge in [0.1, 0.15) is 36.9 Å². The highest BCUT2D eigenvalue weighted by molar-refractivity contribution is 6.31. The zero-order valence-corrected chi connectivity index (χ0v) is 19.7. The third-order valence-corrected chi connectivity index (χ3v) is 6.15. The van der Waals surface area contributed by atoms with Gasteiger partial charge in [0, 0.05) is 24.2 Å². The summed E-state index contributed by atoms with van der Waals surface area (Å²) in [6, 6.07) is 13.7. The lowest BCUT2D eigenvalue weighted by atomic mass is 10.0. The molecule has 3 rings (SSSR count). The Labute approximate surface area is 196 Å². The van der Waals surface area contributed by atoms with E-state index in [4.69, 9.17) is 21.1 Å². The zero-order valence-electron chi connectivity index (χ0n) is 19.0. The van der Waals surface area contributed by atoms with Crippen LogP contribution in [0.4, 0.5) is 0 Å². The first kappa shape index (κ1) is 24.8. The van der Waals surface area contributed by atoms with Crippen LogP contribution in [0.2, 0.25) is 5.02 Å². The van der Waals surface area contributed by atoms with Crippen molar-refractivity contribution in [1.29, 1.82) is 0 Å². The van der Waals surface area contributed by atoms with Gasteiger partial charge in [0.05, 0.1) is 0 Å². The number of aryl methyl sites for hydroxylation is 2. The van der Waals surface area contributed by atoms with Gasteiger partial charge in [0.15, 0.2) is 0 Å². The van der Waals surface area contributed by atoms with Crippen LogP contribution in [-0.4, -0.2) is 72.8 Å². The Kier molecular flexibility index (Phi) is 9.63. The number of rotatable bonds is 11. The lowest BCUT2D eigenvalue weighted by Crippen LogP contribution is -2.47. The Hall–Kier alpha value is -1.83. The van der Waals surface area contributed by atoms with Crippen molar-refractivity contribution in [3.63, 3.8) is 0 Å². The molecule has 0 saturated carbocycles. The van der Waals surface area contributed by atoms with Crippen LogP contribution in [0.1, 0.15) is 24.0 Å². The van der Waals surface area contributed by atoms with Gasteiger partial charge < -0.3 is 29.9 Å². The van der Waals surface area contributed by atoms with E-state index in [0.717, 1.165) is 37.2 Å². The van der Waals surface area contributed by atoms with E-state index < -0.39 is 12.2 Å². The molecule has 1 aliphatic rings. The summed E-state index contributed by atoms with van der Waals surface area (Å²) >= 11 is 6.12. The smallest absolute Gasteiger partial charge is 0.120 e. The molecule has 32 heavy (non-hydrogen) atoms. The van der Waals surface area contributed by atoms with E-state index in [1.165, 1.54) is 5.56 Å². The quantitative estimate of drug-likeness (QED) is 0.476. The fourth-order valence-electron chi connectivity index (χ4n) is 3.71. The summed E-state index contributed by atoms with van der Waals surface area (Å²) in [7, 11) is 0. The standard InChI is InChI=1S/C25H35ClN2O4/c1-18-3-6-23(7-4-18)31-16-21(29)14-27-20-9-11-28(12-10-20)15-22(30)17-32-24-8-5-19(2)25(26)13-24/h3-8,13,20-22,27,29-30H,9-12,14-17H2,1-2H3/t21-,22-/m0/s1. The number of halogens is 1. The number of β-amino-alcohol motifs (C(OH)–C–C–N with tert-alkyl or cyclic N) is 1. The molecule has 3 N–H and O–H groups in total. The summed E-state index contributed by atoms with van der Waals surface area (Å²) in [4.78, 5) is 2.26. The maximum atomic E-state index is 10.3.